The number of benzene rings is 1. The molecule has 0 radical (unpaired) electrons. The SMILES string of the molecule is CNC.NCCc1ccccc1. The Labute approximate surface area is 74.8 Å². The van der Waals surface area contributed by atoms with Gasteiger partial charge >= 0.3 is 0 Å². The maximum Gasteiger partial charge on any atom is -0.00367 e. The minimum absolute atomic E-state index is 0.740. The van der Waals surface area contributed by atoms with Crippen LogP contribution < -0.4 is 11.1 Å². The smallest absolute Gasteiger partial charge is 0.00367 e. The maximum atomic E-state index is 5.36. The number of hydrogen-bond donors (Lipinski definition) is 2. The summed E-state index contributed by atoms with van der Waals surface area (Å²) in [4.78, 5) is 0. The van der Waals surface area contributed by atoms with Crippen molar-refractivity contribution >= 4 is 0 Å². The van der Waals surface area contributed by atoms with Gasteiger partial charge in [0.05, 0.1) is 0 Å². The second-order valence-electron chi connectivity index (χ2n) is 2.52. The van der Waals surface area contributed by atoms with E-state index < -0.39 is 0 Å². The molecule has 0 unspecified atom stereocenters. The van der Waals surface area contributed by atoms with Crippen LogP contribution in [-0.4, -0.2) is 20.6 Å². The van der Waals surface area contributed by atoms with E-state index in [4.69, 9.17) is 5.73 Å². The first-order chi connectivity index (χ1) is 5.85. The Bertz CT molecular complexity index is 172. The van der Waals surface area contributed by atoms with Gasteiger partial charge in [-0.25, -0.2) is 0 Å². The lowest BCUT2D eigenvalue weighted by Crippen LogP contribution is -2.01. The Morgan fingerprint density at radius 1 is 1.17 bits per heavy atom. The van der Waals surface area contributed by atoms with Crippen molar-refractivity contribution in [1.29, 1.82) is 0 Å². The van der Waals surface area contributed by atoms with E-state index in [1.165, 1.54) is 5.56 Å². The Morgan fingerprint density at radius 2 is 1.67 bits per heavy atom. The van der Waals surface area contributed by atoms with Gasteiger partial charge in [-0.05, 0) is 32.6 Å². The van der Waals surface area contributed by atoms with Gasteiger partial charge in [0.25, 0.3) is 0 Å². The van der Waals surface area contributed by atoms with Crippen molar-refractivity contribution in [2.75, 3.05) is 20.6 Å². The Morgan fingerprint density at radius 3 is 2.08 bits per heavy atom. The van der Waals surface area contributed by atoms with E-state index in [9.17, 15) is 0 Å². The van der Waals surface area contributed by atoms with Crippen LogP contribution in [0, 0.1) is 0 Å². The quantitative estimate of drug-likeness (QED) is 0.688. The molecule has 1 rings (SSSR count). The van der Waals surface area contributed by atoms with Crippen LogP contribution in [0.3, 0.4) is 0 Å². The van der Waals surface area contributed by atoms with Crippen LogP contribution in [0.5, 0.6) is 0 Å². The molecule has 0 aromatic heterocycles. The van der Waals surface area contributed by atoms with Gasteiger partial charge in [0.1, 0.15) is 0 Å². The molecular formula is C10H18N2. The largest absolute Gasteiger partial charge is 0.330 e. The van der Waals surface area contributed by atoms with Gasteiger partial charge in [0.15, 0.2) is 0 Å². The highest BCUT2D eigenvalue weighted by molar-refractivity contribution is 5.14. The van der Waals surface area contributed by atoms with Crippen LogP contribution in [-0.2, 0) is 6.42 Å². The normalized spacial score (nSPS) is 8.58. The summed E-state index contributed by atoms with van der Waals surface area (Å²) in [5.74, 6) is 0. The summed E-state index contributed by atoms with van der Waals surface area (Å²) in [6.07, 6.45) is 0.987. The highest BCUT2D eigenvalue weighted by Crippen LogP contribution is 1.96. The third-order valence-corrected chi connectivity index (χ3v) is 1.28. The van der Waals surface area contributed by atoms with Gasteiger partial charge in [0.2, 0.25) is 0 Å². The fourth-order valence-electron chi connectivity index (χ4n) is 0.811. The van der Waals surface area contributed by atoms with Crippen molar-refractivity contribution in [1.82, 2.24) is 5.32 Å². The molecule has 0 spiro atoms. The molecule has 0 fully saturated rings. The van der Waals surface area contributed by atoms with E-state index in [1.807, 2.05) is 32.3 Å². The number of hydrogen-bond acceptors (Lipinski definition) is 2. The van der Waals surface area contributed by atoms with E-state index in [1.54, 1.807) is 0 Å². The number of nitrogens with one attached hydrogen (secondary N) is 1. The Kier molecular flexibility index (Phi) is 7.65. The van der Waals surface area contributed by atoms with E-state index in [2.05, 4.69) is 17.4 Å². The second-order valence-corrected chi connectivity index (χ2v) is 2.52. The van der Waals surface area contributed by atoms with Gasteiger partial charge in [-0.15, -0.1) is 0 Å². The summed E-state index contributed by atoms with van der Waals surface area (Å²) in [6, 6.07) is 10.3. The fraction of sp³-hybridized carbons (Fsp3) is 0.400. The molecule has 0 saturated carbocycles. The minimum atomic E-state index is 0.740. The zero-order chi connectivity index (χ0) is 9.23. The summed E-state index contributed by atoms with van der Waals surface area (Å²) in [7, 11) is 3.75. The maximum absolute atomic E-state index is 5.36. The third-order valence-electron chi connectivity index (χ3n) is 1.28. The Hall–Kier alpha value is -0.860. The molecule has 0 aliphatic rings. The molecule has 0 atom stereocenters. The molecule has 2 heteroatoms. The minimum Gasteiger partial charge on any atom is -0.330 e. The molecule has 0 aliphatic heterocycles. The first kappa shape index (κ1) is 11.1. The van der Waals surface area contributed by atoms with E-state index in [0.717, 1.165) is 13.0 Å². The van der Waals surface area contributed by atoms with Crippen LogP contribution >= 0.6 is 0 Å². The summed E-state index contributed by atoms with van der Waals surface area (Å²) < 4.78 is 0. The first-order valence-corrected chi connectivity index (χ1v) is 4.17. The molecule has 3 N–H and O–H groups in total. The predicted molar refractivity (Wildman–Crippen MR) is 54.2 cm³/mol. The van der Waals surface area contributed by atoms with Crippen molar-refractivity contribution in [3.05, 3.63) is 35.9 Å². The van der Waals surface area contributed by atoms with Crippen LogP contribution in [0.4, 0.5) is 0 Å². The lowest BCUT2D eigenvalue weighted by atomic mass is 10.2. The summed E-state index contributed by atoms with van der Waals surface area (Å²) >= 11 is 0. The fourth-order valence-corrected chi connectivity index (χ4v) is 0.811. The van der Waals surface area contributed by atoms with Crippen LogP contribution in [0.1, 0.15) is 5.56 Å². The topological polar surface area (TPSA) is 38.0 Å². The summed E-state index contributed by atoms with van der Waals surface area (Å²) in [6.45, 7) is 0.740. The van der Waals surface area contributed by atoms with Crippen molar-refractivity contribution in [2.45, 2.75) is 6.42 Å². The lowest BCUT2D eigenvalue weighted by Gasteiger charge is -1.93. The highest BCUT2D eigenvalue weighted by atomic mass is 14.7. The lowest BCUT2D eigenvalue weighted by molar-refractivity contribution is 0.969. The molecule has 1 aromatic carbocycles. The second kappa shape index (κ2) is 8.24. The van der Waals surface area contributed by atoms with Gasteiger partial charge < -0.3 is 11.1 Å². The van der Waals surface area contributed by atoms with Crippen molar-refractivity contribution in [3.8, 4) is 0 Å². The predicted octanol–water partition coefficient (Wildman–Crippen LogP) is 1.02. The molecule has 0 bridgehead atoms. The molecule has 0 heterocycles. The zero-order valence-corrected chi connectivity index (χ0v) is 7.88. The monoisotopic (exact) mass is 166 g/mol. The zero-order valence-electron chi connectivity index (χ0n) is 7.88. The summed E-state index contributed by atoms with van der Waals surface area (Å²) in [5, 5.41) is 2.75. The Balaban J connectivity index is 0.000000354. The van der Waals surface area contributed by atoms with Crippen molar-refractivity contribution < 1.29 is 0 Å². The average Bonchev–Trinajstić information content (AvgIpc) is 2.08. The number of nitrogens with two attached hydrogens (primary N) is 1. The molecule has 68 valence electrons. The van der Waals surface area contributed by atoms with E-state index in [0.29, 0.717) is 0 Å². The molecule has 0 aliphatic carbocycles. The molecule has 0 saturated heterocycles. The van der Waals surface area contributed by atoms with Gasteiger partial charge in [-0.1, -0.05) is 30.3 Å². The molecule has 12 heavy (non-hydrogen) atoms. The van der Waals surface area contributed by atoms with Gasteiger partial charge in [-0.3, -0.25) is 0 Å². The van der Waals surface area contributed by atoms with Crippen LogP contribution in [0.2, 0.25) is 0 Å². The highest BCUT2D eigenvalue weighted by Gasteiger charge is 1.84. The van der Waals surface area contributed by atoms with E-state index >= 15 is 0 Å². The van der Waals surface area contributed by atoms with Gasteiger partial charge in [0, 0.05) is 0 Å². The number of rotatable bonds is 2. The van der Waals surface area contributed by atoms with Crippen molar-refractivity contribution in [3.63, 3.8) is 0 Å². The van der Waals surface area contributed by atoms with E-state index in [-0.39, 0.29) is 0 Å². The van der Waals surface area contributed by atoms with Crippen LogP contribution in [0.15, 0.2) is 30.3 Å². The van der Waals surface area contributed by atoms with Crippen LogP contribution in [0.25, 0.3) is 0 Å². The van der Waals surface area contributed by atoms with Crippen molar-refractivity contribution in [2.24, 2.45) is 5.73 Å². The third kappa shape index (κ3) is 5.89. The van der Waals surface area contributed by atoms with Gasteiger partial charge in [-0.2, -0.15) is 0 Å². The summed E-state index contributed by atoms with van der Waals surface area (Å²) in [5.41, 5.74) is 6.68. The first-order valence-electron chi connectivity index (χ1n) is 4.17. The standard InChI is InChI=1S/C8H11N.C2H7N/c9-7-6-8-4-2-1-3-5-8;1-3-2/h1-5H,6-7,9H2;3H,1-2H3. The molecule has 2 nitrogen and oxygen atoms in total. The molecule has 0 amide bonds. The average molecular weight is 166 g/mol. The molecular weight excluding hydrogens is 148 g/mol. The molecule has 1 aromatic rings.